The Morgan fingerprint density at radius 2 is 0.833 bits per heavy atom. The van der Waals surface area contributed by atoms with Crippen molar-refractivity contribution in [3.05, 3.63) is 35.4 Å². The van der Waals surface area contributed by atoms with E-state index in [9.17, 15) is 19.2 Å². The zero-order chi connectivity index (χ0) is 35.1. The predicted molar refractivity (Wildman–Crippen MR) is 198 cm³/mol. The number of nitrogens with zero attached hydrogens (tertiary/aromatic N) is 1. The topological polar surface area (TPSA) is 122 Å². The minimum atomic E-state index is -0.604. The molecule has 0 spiro atoms. The molecule has 0 aliphatic rings. The second-order valence-corrected chi connectivity index (χ2v) is 13.6. The zero-order valence-corrected chi connectivity index (χ0v) is 30.8. The maximum atomic E-state index is 13.4. The highest BCUT2D eigenvalue weighted by molar-refractivity contribution is 6.06. The molecule has 1 aromatic rings. The van der Waals surface area contributed by atoms with E-state index in [2.05, 4.69) is 24.7 Å². The Labute approximate surface area is 293 Å². The first-order valence-corrected chi connectivity index (χ1v) is 19.7. The number of carbonyl (C=O) groups is 4. The number of nitrogen functional groups attached to an aromatic ring is 1. The molecule has 0 fully saturated rings. The first-order valence-electron chi connectivity index (χ1n) is 19.7. The molecule has 0 saturated carbocycles. The summed E-state index contributed by atoms with van der Waals surface area (Å²) in [5.74, 6) is 3.39. The lowest BCUT2D eigenvalue weighted by Crippen LogP contribution is -2.49. The Balaban J connectivity index is 2.43. The molecule has 4 amide bonds. The van der Waals surface area contributed by atoms with E-state index in [1.165, 1.54) is 146 Å². The van der Waals surface area contributed by atoms with Crippen molar-refractivity contribution in [2.24, 2.45) is 5.84 Å². The molecule has 0 radical (unpaired) electrons. The van der Waals surface area contributed by atoms with Crippen LogP contribution in [-0.2, 0) is 9.59 Å². The fourth-order valence-electron chi connectivity index (χ4n) is 6.09. The van der Waals surface area contributed by atoms with Crippen molar-refractivity contribution >= 4 is 23.6 Å². The third kappa shape index (κ3) is 22.0. The molecule has 1 rings (SSSR count). The van der Waals surface area contributed by atoms with Gasteiger partial charge >= 0.3 is 0 Å². The number of hydrogen-bond donors (Lipinski definition) is 3. The molecule has 0 bridgehead atoms. The van der Waals surface area contributed by atoms with Crippen LogP contribution in [0.4, 0.5) is 0 Å². The minimum Gasteiger partial charge on any atom is -0.290 e. The van der Waals surface area contributed by atoms with Gasteiger partial charge in [0, 0.05) is 24.0 Å². The second kappa shape index (κ2) is 30.3. The molecule has 0 aliphatic carbocycles. The summed E-state index contributed by atoms with van der Waals surface area (Å²) in [6.07, 6.45) is 32.0. The average molecular weight is 671 g/mol. The summed E-state index contributed by atoms with van der Waals surface area (Å²) in [4.78, 5) is 51.2. The third-order valence-electron chi connectivity index (χ3n) is 9.22. The molecule has 48 heavy (non-hydrogen) atoms. The van der Waals surface area contributed by atoms with Crippen molar-refractivity contribution in [2.75, 3.05) is 0 Å². The molecule has 4 N–H and O–H groups in total. The molecule has 1 aromatic carbocycles. The highest BCUT2D eigenvalue weighted by Crippen LogP contribution is 2.16. The van der Waals surface area contributed by atoms with Crippen molar-refractivity contribution < 1.29 is 19.2 Å². The van der Waals surface area contributed by atoms with E-state index in [1.807, 2.05) is 0 Å². The summed E-state index contributed by atoms with van der Waals surface area (Å²) < 4.78 is 0. The van der Waals surface area contributed by atoms with Crippen LogP contribution < -0.4 is 16.7 Å². The van der Waals surface area contributed by atoms with Crippen molar-refractivity contribution in [2.45, 2.75) is 194 Å². The average Bonchev–Trinajstić information content (AvgIpc) is 3.10. The van der Waals surface area contributed by atoms with E-state index in [4.69, 9.17) is 5.84 Å². The van der Waals surface area contributed by atoms with E-state index >= 15 is 0 Å². The first kappa shape index (κ1) is 43.3. The number of carbonyl (C=O) groups excluding carboxylic acids is 4. The van der Waals surface area contributed by atoms with Gasteiger partial charge in [-0.15, -0.1) is 0 Å². The van der Waals surface area contributed by atoms with Crippen LogP contribution in [0.3, 0.4) is 0 Å². The van der Waals surface area contributed by atoms with Gasteiger partial charge in [-0.2, -0.15) is 5.01 Å². The lowest BCUT2D eigenvalue weighted by molar-refractivity contribution is -0.138. The lowest BCUT2D eigenvalue weighted by atomic mass is 10.0. The van der Waals surface area contributed by atoms with Crippen LogP contribution in [0.5, 0.6) is 0 Å². The maximum Gasteiger partial charge on any atom is 0.279 e. The van der Waals surface area contributed by atoms with Gasteiger partial charge in [0.2, 0.25) is 11.8 Å². The van der Waals surface area contributed by atoms with E-state index in [0.717, 1.165) is 43.5 Å². The van der Waals surface area contributed by atoms with Crippen LogP contribution >= 0.6 is 0 Å². The quantitative estimate of drug-likeness (QED) is 0.0325. The Bertz CT molecular complexity index is 982. The SMILES string of the molecule is CCCCCCCCCCCCCCCC(=O)NN(C(=O)CCCCCCCCCCCCCCC)C(=O)c1ccc(C(=O)NN)cc1. The highest BCUT2D eigenvalue weighted by Gasteiger charge is 2.25. The molecular formula is C40H70N4O4. The molecule has 0 aromatic heterocycles. The number of rotatable bonds is 30. The lowest BCUT2D eigenvalue weighted by Gasteiger charge is -2.22. The summed E-state index contributed by atoms with van der Waals surface area (Å²) >= 11 is 0. The largest absolute Gasteiger partial charge is 0.290 e. The molecule has 274 valence electrons. The highest BCUT2D eigenvalue weighted by atomic mass is 16.2. The summed E-state index contributed by atoms with van der Waals surface area (Å²) in [6, 6.07) is 5.88. The zero-order valence-electron chi connectivity index (χ0n) is 30.8. The van der Waals surface area contributed by atoms with Crippen molar-refractivity contribution in [3.63, 3.8) is 0 Å². The van der Waals surface area contributed by atoms with Gasteiger partial charge in [0.15, 0.2) is 0 Å². The van der Waals surface area contributed by atoms with Crippen LogP contribution in [0.25, 0.3) is 0 Å². The molecule has 0 heterocycles. The van der Waals surface area contributed by atoms with Gasteiger partial charge in [0.1, 0.15) is 0 Å². The molecule has 0 atom stereocenters. The number of nitrogens with one attached hydrogen (secondary N) is 2. The van der Waals surface area contributed by atoms with Crippen molar-refractivity contribution in [3.8, 4) is 0 Å². The van der Waals surface area contributed by atoms with Gasteiger partial charge in [-0.1, -0.05) is 168 Å². The summed E-state index contributed by atoms with van der Waals surface area (Å²) in [7, 11) is 0. The first-order chi connectivity index (χ1) is 23.4. The monoisotopic (exact) mass is 671 g/mol. The Morgan fingerprint density at radius 3 is 1.21 bits per heavy atom. The Hall–Kier alpha value is -2.74. The van der Waals surface area contributed by atoms with Gasteiger partial charge in [-0.05, 0) is 37.1 Å². The number of hydrazine groups is 2. The van der Waals surface area contributed by atoms with Gasteiger partial charge < -0.3 is 0 Å². The van der Waals surface area contributed by atoms with Gasteiger partial charge in [0.05, 0.1) is 0 Å². The second-order valence-electron chi connectivity index (χ2n) is 13.6. The van der Waals surface area contributed by atoms with Crippen LogP contribution in [0.1, 0.15) is 214 Å². The maximum absolute atomic E-state index is 13.4. The molecule has 8 heteroatoms. The fraction of sp³-hybridized carbons (Fsp3) is 0.750. The third-order valence-corrected chi connectivity index (χ3v) is 9.22. The minimum absolute atomic E-state index is 0.191. The summed E-state index contributed by atoms with van der Waals surface area (Å²) in [5, 5.41) is 0.878. The molecule has 8 nitrogen and oxygen atoms in total. The Kier molecular flexibility index (Phi) is 27.3. The number of imide groups is 1. The van der Waals surface area contributed by atoms with Crippen LogP contribution in [-0.4, -0.2) is 28.6 Å². The van der Waals surface area contributed by atoms with Gasteiger partial charge in [-0.3, -0.25) is 30.0 Å². The number of amides is 4. The van der Waals surface area contributed by atoms with Gasteiger partial charge in [0.25, 0.3) is 11.8 Å². The van der Waals surface area contributed by atoms with Crippen molar-refractivity contribution in [1.29, 1.82) is 0 Å². The Morgan fingerprint density at radius 1 is 0.500 bits per heavy atom. The van der Waals surface area contributed by atoms with Crippen LogP contribution in [0, 0.1) is 0 Å². The molecule has 0 saturated heterocycles. The normalized spacial score (nSPS) is 11.0. The van der Waals surface area contributed by atoms with Gasteiger partial charge in [-0.25, -0.2) is 5.84 Å². The predicted octanol–water partition coefficient (Wildman–Crippen LogP) is 10.3. The number of benzene rings is 1. The number of unbranched alkanes of at least 4 members (excludes halogenated alkanes) is 24. The fourth-order valence-corrected chi connectivity index (χ4v) is 6.09. The van der Waals surface area contributed by atoms with E-state index in [1.54, 1.807) is 0 Å². The van der Waals surface area contributed by atoms with E-state index in [-0.39, 0.29) is 24.3 Å². The standard InChI is InChI=1S/C40H70N4O4/c1-3-5-7-9-11-13-15-17-19-21-23-25-27-29-37(45)43-44(40(48)36-33-31-35(32-34-36)39(47)42-41)38(46)30-28-26-24-22-20-18-16-14-12-10-8-6-4-2/h31-34H,3-30,41H2,1-2H3,(H,42,47)(H,43,45). The summed E-state index contributed by atoms with van der Waals surface area (Å²) in [5.41, 5.74) is 5.17. The number of nitrogens with two attached hydrogens (primary N) is 1. The van der Waals surface area contributed by atoms with E-state index in [0.29, 0.717) is 12.0 Å². The van der Waals surface area contributed by atoms with Crippen LogP contribution in [0.2, 0.25) is 0 Å². The smallest absolute Gasteiger partial charge is 0.279 e. The molecule has 0 aliphatic heterocycles. The van der Waals surface area contributed by atoms with Crippen LogP contribution in [0.15, 0.2) is 24.3 Å². The van der Waals surface area contributed by atoms with E-state index < -0.39 is 17.7 Å². The number of hydrogen-bond acceptors (Lipinski definition) is 5. The molecular weight excluding hydrogens is 600 g/mol. The molecule has 0 unspecified atom stereocenters. The summed E-state index contributed by atoms with van der Waals surface area (Å²) in [6.45, 7) is 4.50. The van der Waals surface area contributed by atoms with Crippen molar-refractivity contribution in [1.82, 2.24) is 15.9 Å².